The second-order valence-electron chi connectivity index (χ2n) is 3.76. The Hall–Kier alpha value is -1.36. The molecule has 83 valence electrons. The van der Waals surface area contributed by atoms with Crippen molar-refractivity contribution in [3.05, 3.63) is 70.4 Å². The van der Waals surface area contributed by atoms with Gasteiger partial charge in [-0.15, -0.1) is 0 Å². The fourth-order valence-corrected chi connectivity index (χ4v) is 2.55. The van der Waals surface area contributed by atoms with Gasteiger partial charge in [0.25, 0.3) is 0 Å². The van der Waals surface area contributed by atoms with Gasteiger partial charge < -0.3 is 0 Å². The number of rotatable bonds is 2. The Morgan fingerprint density at radius 1 is 1.12 bits per heavy atom. The Balaban J connectivity index is 2.16. The third-order valence-corrected chi connectivity index (χ3v) is 3.45. The van der Waals surface area contributed by atoms with E-state index in [1.807, 2.05) is 41.6 Å². The summed E-state index contributed by atoms with van der Waals surface area (Å²) in [6.07, 6.45) is 10.2. The van der Waals surface area contributed by atoms with E-state index in [1.54, 1.807) is 0 Å². The van der Waals surface area contributed by atoms with E-state index in [9.17, 15) is 0 Å². The van der Waals surface area contributed by atoms with Gasteiger partial charge in [0, 0.05) is 6.42 Å². The average molecular weight is 333 g/mol. The summed E-state index contributed by atoms with van der Waals surface area (Å²) >= 11 is 2.33. The highest BCUT2D eigenvalue weighted by atomic mass is 127. The van der Waals surface area contributed by atoms with Crippen LogP contribution in [0.15, 0.2) is 54.8 Å². The number of benzene rings is 1. The van der Waals surface area contributed by atoms with Crippen LogP contribution in [0.2, 0.25) is 0 Å². The van der Waals surface area contributed by atoms with Gasteiger partial charge in [0.1, 0.15) is 0 Å². The van der Waals surface area contributed by atoms with E-state index in [-0.39, 0.29) is 0 Å². The van der Waals surface area contributed by atoms with Crippen molar-refractivity contribution >= 4 is 28.2 Å². The first-order chi connectivity index (χ1) is 8.36. The van der Waals surface area contributed by atoms with Crippen LogP contribution in [0, 0.1) is 9.99 Å². The van der Waals surface area contributed by atoms with E-state index < -0.39 is 0 Å². The van der Waals surface area contributed by atoms with Crippen molar-refractivity contribution in [3.8, 4) is 5.69 Å². The van der Waals surface area contributed by atoms with Crippen molar-refractivity contribution < 1.29 is 0 Å². The van der Waals surface area contributed by atoms with E-state index in [2.05, 4.69) is 52.0 Å². The first-order valence-corrected chi connectivity index (χ1v) is 6.45. The summed E-state index contributed by atoms with van der Waals surface area (Å²) < 4.78 is 3.15. The minimum Gasteiger partial charge on any atom is -0.232 e. The van der Waals surface area contributed by atoms with Crippen molar-refractivity contribution in [1.29, 1.82) is 0 Å². The quantitative estimate of drug-likeness (QED) is 0.768. The molecule has 0 fully saturated rings. The van der Waals surface area contributed by atoms with Crippen LogP contribution < -0.4 is 0 Å². The van der Waals surface area contributed by atoms with Gasteiger partial charge in [-0.3, -0.25) is 0 Å². The predicted octanol–water partition coefficient (Wildman–Crippen LogP) is 3.63. The van der Waals surface area contributed by atoms with Crippen molar-refractivity contribution in [2.24, 2.45) is 0 Å². The molecule has 3 rings (SSSR count). The third kappa shape index (κ3) is 1.95. The molecule has 2 nitrogen and oxygen atoms in total. The van der Waals surface area contributed by atoms with E-state index in [0.717, 1.165) is 15.0 Å². The van der Waals surface area contributed by atoms with Crippen LogP contribution >= 0.6 is 22.6 Å². The Morgan fingerprint density at radius 3 is 2.65 bits per heavy atom. The molecule has 0 saturated carbocycles. The molecular weight excluding hydrogens is 323 g/mol. The van der Waals surface area contributed by atoms with Gasteiger partial charge in [0.2, 0.25) is 0 Å². The van der Waals surface area contributed by atoms with Crippen LogP contribution in [-0.4, -0.2) is 9.78 Å². The molecular formula is C14H10IN2. The van der Waals surface area contributed by atoms with Crippen LogP contribution in [0.25, 0.3) is 11.3 Å². The lowest BCUT2D eigenvalue weighted by Gasteiger charge is -2.07. The standard InChI is InChI=1S/C14H10IN2/c15-13-10-16-17(12-8-2-1-3-9-12)14(13)11-6-4-5-7-11/h1-10H. The van der Waals surface area contributed by atoms with Crippen molar-refractivity contribution in [1.82, 2.24) is 9.78 Å². The fourth-order valence-electron chi connectivity index (χ4n) is 1.89. The van der Waals surface area contributed by atoms with E-state index in [0.29, 0.717) is 0 Å². The summed E-state index contributed by atoms with van der Waals surface area (Å²) in [7, 11) is 0. The highest BCUT2D eigenvalue weighted by molar-refractivity contribution is 14.1. The number of allylic oxidation sites excluding steroid dienone is 4. The molecule has 0 spiro atoms. The molecule has 1 aliphatic carbocycles. The molecule has 0 aliphatic heterocycles. The third-order valence-electron chi connectivity index (χ3n) is 2.66. The highest BCUT2D eigenvalue weighted by Gasteiger charge is 2.14. The van der Waals surface area contributed by atoms with Crippen LogP contribution in [0.5, 0.6) is 0 Å². The van der Waals surface area contributed by atoms with Crippen LogP contribution in [0.4, 0.5) is 0 Å². The molecule has 0 amide bonds. The predicted molar refractivity (Wildman–Crippen MR) is 77.7 cm³/mol. The molecule has 0 N–H and O–H groups in total. The van der Waals surface area contributed by atoms with Gasteiger partial charge in [-0.2, -0.15) is 5.10 Å². The molecule has 1 aromatic heterocycles. The Labute approximate surface area is 114 Å². The van der Waals surface area contributed by atoms with Gasteiger partial charge in [-0.1, -0.05) is 36.4 Å². The van der Waals surface area contributed by atoms with Gasteiger partial charge in [0.15, 0.2) is 0 Å². The van der Waals surface area contributed by atoms with Gasteiger partial charge in [0.05, 0.1) is 21.1 Å². The maximum atomic E-state index is 4.45. The summed E-state index contributed by atoms with van der Waals surface area (Å²) in [4.78, 5) is 0. The number of halogens is 1. The molecule has 3 heteroatoms. The molecule has 0 atom stereocenters. The number of para-hydroxylation sites is 1. The SMILES string of the molecule is Ic1cnn(-c2ccccc2)c1C1=C[CH]C=C1. The maximum absolute atomic E-state index is 4.45. The summed E-state index contributed by atoms with van der Waals surface area (Å²) in [6.45, 7) is 0. The van der Waals surface area contributed by atoms with Crippen LogP contribution in [0.3, 0.4) is 0 Å². The van der Waals surface area contributed by atoms with Crippen molar-refractivity contribution in [2.75, 3.05) is 0 Å². The lowest BCUT2D eigenvalue weighted by molar-refractivity contribution is 0.868. The number of hydrogen-bond donors (Lipinski definition) is 0. The highest BCUT2D eigenvalue weighted by Crippen LogP contribution is 2.27. The molecule has 1 aromatic carbocycles. The molecule has 0 bridgehead atoms. The maximum Gasteiger partial charge on any atom is 0.0871 e. The Bertz CT molecular complexity index is 594. The second-order valence-corrected chi connectivity index (χ2v) is 4.92. The van der Waals surface area contributed by atoms with E-state index in [4.69, 9.17) is 0 Å². The summed E-state index contributed by atoms with van der Waals surface area (Å²) in [5.41, 5.74) is 3.45. The fraction of sp³-hybridized carbons (Fsp3) is 0. The number of hydrogen-bond acceptors (Lipinski definition) is 1. The summed E-state index contributed by atoms with van der Waals surface area (Å²) in [5.74, 6) is 0. The minimum atomic E-state index is 1.09. The molecule has 1 aliphatic rings. The molecule has 1 radical (unpaired) electrons. The lowest BCUT2D eigenvalue weighted by atomic mass is 10.2. The first kappa shape index (κ1) is 10.8. The molecule has 0 saturated heterocycles. The van der Waals surface area contributed by atoms with Crippen molar-refractivity contribution in [3.63, 3.8) is 0 Å². The van der Waals surface area contributed by atoms with Crippen LogP contribution in [0.1, 0.15) is 5.69 Å². The Morgan fingerprint density at radius 2 is 1.94 bits per heavy atom. The Kier molecular flexibility index (Phi) is 2.84. The second kappa shape index (κ2) is 4.49. The molecule has 0 unspecified atom stereocenters. The lowest BCUT2D eigenvalue weighted by Crippen LogP contribution is -2.01. The largest absolute Gasteiger partial charge is 0.232 e. The number of aromatic nitrogens is 2. The smallest absolute Gasteiger partial charge is 0.0871 e. The van der Waals surface area contributed by atoms with E-state index in [1.165, 1.54) is 5.57 Å². The molecule has 1 heterocycles. The van der Waals surface area contributed by atoms with Crippen LogP contribution in [-0.2, 0) is 0 Å². The van der Waals surface area contributed by atoms with Gasteiger partial charge in [-0.25, -0.2) is 4.68 Å². The molecule has 17 heavy (non-hydrogen) atoms. The monoisotopic (exact) mass is 333 g/mol. The zero-order valence-corrected chi connectivity index (χ0v) is 11.2. The topological polar surface area (TPSA) is 17.8 Å². The normalized spacial score (nSPS) is 14.1. The minimum absolute atomic E-state index is 1.09. The molecule has 2 aromatic rings. The average Bonchev–Trinajstić information content (AvgIpc) is 2.99. The zero-order chi connectivity index (χ0) is 11.7. The first-order valence-electron chi connectivity index (χ1n) is 5.37. The summed E-state index contributed by atoms with van der Waals surface area (Å²) in [6, 6.07) is 10.2. The number of nitrogens with zero attached hydrogens (tertiary/aromatic N) is 2. The zero-order valence-electron chi connectivity index (χ0n) is 9.05. The summed E-state index contributed by atoms with van der Waals surface area (Å²) in [5, 5.41) is 4.45. The van der Waals surface area contributed by atoms with Gasteiger partial charge in [-0.05, 0) is 40.3 Å². The van der Waals surface area contributed by atoms with Crippen molar-refractivity contribution in [2.45, 2.75) is 0 Å². The van der Waals surface area contributed by atoms with E-state index >= 15 is 0 Å². The van der Waals surface area contributed by atoms with Gasteiger partial charge >= 0.3 is 0 Å².